The number of rotatable bonds is 6. The van der Waals surface area contributed by atoms with Gasteiger partial charge in [-0.2, -0.15) is 0 Å². The van der Waals surface area contributed by atoms with E-state index in [1.54, 1.807) is 0 Å². The van der Waals surface area contributed by atoms with Crippen LogP contribution in [0.2, 0.25) is 0 Å². The van der Waals surface area contributed by atoms with Gasteiger partial charge in [0.05, 0.1) is 138 Å². The maximum Gasteiger partial charge on any atom is 0.136 e. The van der Waals surface area contributed by atoms with Crippen molar-refractivity contribution in [3.8, 4) is 89.8 Å². The van der Waals surface area contributed by atoms with Gasteiger partial charge in [-0.05, 0) is 190 Å². The van der Waals surface area contributed by atoms with Crippen molar-refractivity contribution in [1.29, 1.82) is 0 Å². The number of fused-ring (bicyclic) bond motifs is 24. The second-order valence-electron chi connectivity index (χ2n) is 36.5. The van der Waals surface area contributed by atoms with Crippen LogP contribution in [-0.2, 0) is 10.8 Å². The fourth-order valence-corrected chi connectivity index (χ4v) is 22.4. The van der Waals surface area contributed by atoms with Gasteiger partial charge in [0, 0.05) is 106 Å². The number of nitrogens with zero attached hydrogens (tertiary/aromatic N) is 12. The van der Waals surface area contributed by atoms with E-state index in [0.29, 0.717) is 0 Å². The van der Waals surface area contributed by atoms with Crippen LogP contribution in [-0.4, -0.2) is 59.8 Å². The third-order valence-corrected chi connectivity index (χ3v) is 29.4. The zero-order valence-electron chi connectivity index (χ0n) is 77.6. The Labute approximate surface area is 823 Å². The molecule has 0 bridgehead atoms. The third kappa shape index (κ3) is 15.7. The summed E-state index contributed by atoms with van der Waals surface area (Å²) in [5.41, 5.74) is 37.5. The van der Waals surface area contributed by atoms with Crippen LogP contribution in [0.1, 0.15) is 49.9 Å². The molecule has 0 spiro atoms. The van der Waals surface area contributed by atoms with Crippen molar-refractivity contribution in [1.82, 2.24) is 59.8 Å². The number of thiophene rings is 2. The third-order valence-electron chi connectivity index (χ3n) is 27.2. The Bertz CT molecular complexity index is 9470. The van der Waals surface area contributed by atoms with Crippen LogP contribution in [0.3, 0.4) is 0 Å². The van der Waals surface area contributed by atoms with Crippen LogP contribution in [0, 0.1) is 0 Å². The standard InChI is InChI=1S/2C23H18N2.2C20H12N2O.2C20H12N2S/c1-23(2)17-10-4-3-8-15(17)22-16(9-7-11-18(22)23)21-14-24-19-12-5-6-13-20(19)25-21;1-23(2)18-8-4-3-7-16(18)17-13-15(11-12-19(17)23)22-14-24-20-9-5-6-10-21(20)25-22;1-4-10-18-14(6-1)20-13(7-5-11-19(20)23-18)17-12-21-15-8-2-3-9-16(15)22-17;1-4-8-19-14(5-1)15-11-13(9-10-20(15)23-19)18-12-21-16-6-2-3-7-17(16)22-18;1-4-10-18-14(6-1)20-13(7-5-11-19(20)23-18)17-12-21-15-8-2-3-9-16(15)22-17;1-4-8-19-14(5-1)15-11-13(9-10-20(15)23-19)18-12-21-16-6-2-3-7-17(16)22-18/h2*3-14H,1-2H3;4*1-12H. The molecule has 2 aliphatic rings. The van der Waals surface area contributed by atoms with E-state index in [1.165, 1.54) is 84.9 Å². The normalized spacial score (nSPS) is 12.5. The Kier molecular flexibility index (Phi) is 21.6. The number of hydrogen-bond donors (Lipinski definition) is 0. The lowest BCUT2D eigenvalue weighted by atomic mass is 9.82. The number of para-hydroxylation sites is 14. The molecule has 0 fully saturated rings. The van der Waals surface area contributed by atoms with Gasteiger partial charge in [-0.15, -0.1) is 22.7 Å². The Hall–Kier alpha value is -18.0. The zero-order valence-corrected chi connectivity index (χ0v) is 79.2. The molecule has 0 N–H and O–H groups in total. The van der Waals surface area contributed by atoms with Crippen molar-refractivity contribution < 1.29 is 8.83 Å². The topological polar surface area (TPSA) is 181 Å². The zero-order chi connectivity index (χ0) is 94.9. The van der Waals surface area contributed by atoms with E-state index in [2.05, 4.69) is 252 Å². The molecule has 10 aromatic heterocycles. The molecule has 10 heterocycles. The van der Waals surface area contributed by atoms with Crippen LogP contribution in [0.5, 0.6) is 0 Å². The molecule has 0 unspecified atom stereocenters. The fraction of sp³-hybridized carbons (Fsp3) is 0.0476. The first-order valence-electron chi connectivity index (χ1n) is 47.3. The van der Waals surface area contributed by atoms with E-state index >= 15 is 0 Å². The minimum atomic E-state index is 0.00616. The molecule has 0 atom stereocenters. The summed E-state index contributed by atoms with van der Waals surface area (Å²) in [6.45, 7) is 9.20. The van der Waals surface area contributed by atoms with E-state index in [-0.39, 0.29) is 10.8 Å². The van der Waals surface area contributed by atoms with Crippen molar-refractivity contribution in [3.05, 3.63) is 460 Å². The molecule has 142 heavy (non-hydrogen) atoms. The molecule has 28 aromatic rings. The predicted molar refractivity (Wildman–Crippen MR) is 585 cm³/mol. The first-order valence-corrected chi connectivity index (χ1v) is 48.9. The average Bonchev–Trinajstić information content (AvgIpc) is 1.57. The van der Waals surface area contributed by atoms with Crippen molar-refractivity contribution in [3.63, 3.8) is 0 Å². The first-order chi connectivity index (χ1) is 69.9. The van der Waals surface area contributed by atoms with Crippen molar-refractivity contribution in [2.24, 2.45) is 0 Å². The van der Waals surface area contributed by atoms with Crippen LogP contribution >= 0.6 is 22.7 Å². The van der Waals surface area contributed by atoms with E-state index in [4.69, 9.17) is 38.7 Å². The van der Waals surface area contributed by atoms with E-state index in [0.717, 1.165) is 178 Å². The maximum atomic E-state index is 5.95. The molecule has 14 nitrogen and oxygen atoms in total. The molecule has 16 heteroatoms. The molecule has 2 aliphatic carbocycles. The predicted octanol–water partition coefficient (Wildman–Crippen LogP) is 32.9. The lowest BCUT2D eigenvalue weighted by Crippen LogP contribution is -2.14. The molecule has 672 valence electrons. The molecule has 0 saturated carbocycles. The van der Waals surface area contributed by atoms with Crippen molar-refractivity contribution in [2.75, 3.05) is 0 Å². The second kappa shape index (κ2) is 35.9. The molecule has 0 radical (unpaired) electrons. The highest BCUT2D eigenvalue weighted by molar-refractivity contribution is 7.26. The number of furan rings is 2. The van der Waals surface area contributed by atoms with Gasteiger partial charge in [0.1, 0.15) is 22.3 Å². The van der Waals surface area contributed by atoms with Crippen LogP contribution in [0.15, 0.2) is 446 Å². The summed E-state index contributed by atoms with van der Waals surface area (Å²) in [7, 11) is 0. The number of hydrogen-bond acceptors (Lipinski definition) is 16. The van der Waals surface area contributed by atoms with Gasteiger partial charge < -0.3 is 8.83 Å². The van der Waals surface area contributed by atoms with E-state index in [1.807, 2.05) is 266 Å². The Balaban J connectivity index is 0.0000000896. The van der Waals surface area contributed by atoms with E-state index < -0.39 is 0 Å². The van der Waals surface area contributed by atoms with Gasteiger partial charge >= 0.3 is 0 Å². The maximum absolute atomic E-state index is 5.95. The fourth-order valence-electron chi connectivity index (χ4n) is 20.1. The Morgan fingerprint density at radius 3 is 1.06 bits per heavy atom. The minimum Gasteiger partial charge on any atom is -0.456 e. The molecule has 0 aliphatic heterocycles. The largest absolute Gasteiger partial charge is 0.456 e. The molecular formula is C126H84N12O2S2. The monoisotopic (exact) mass is 1860 g/mol. The van der Waals surface area contributed by atoms with Crippen molar-refractivity contribution >= 4 is 173 Å². The summed E-state index contributed by atoms with van der Waals surface area (Å²) in [6, 6.07) is 137. The molecule has 0 saturated heterocycles. The van der Waals surface area contributed by atoms with Gasteiger partial charge in [-0.25, -0.2) is 29.9 Å². The van der Waals surface area contributed by atoms with Gasteiger partial charge in [0.15, 0.2) is 0 Å². The summed E-state index contributed by atoms with van der Waals surface area (Å²) in [5, 5.41) is 9.59. The van der Waals surface area contributed by atoms with Gasteiger partial charge in [-0.1, -0.05) is 282 Å². The lowest BCUT2D eigenvalue weighted by molar-refractivity contribution is 0.660. The Morgan fingerprint density at radius 1 is 0.190 bits per heavy atom. The summed E-state index contributed by atoms with van der Waals surface area (Å²) in [4.78, 5) is 56.1. The van der Waals surface area contributed by atoms with Crippen LogP contribution in [0.4, 0.5) is 0 Å². The summed E-state index contributed by atoms with van der Waals surface area (Å²) < 4.78 is 17.1. The highest BCUT2D eigenvalue weighted by atomic mass is 32.1. The second-order valence-corrected chi connectivity index (χ2v) is 38.6. The SMILES string of the molecule is CC1(C)c2ccccc2-c2c(-c3cnc4ccccc4n3)cccc21.CC1(C)c2ccccc2-c2cc(-c3cnc4ccccc4n3)ccc21.c1ccc2nc(-c3ccc4oc5ccccc5c4c3)cnc2c1.c1ccc2nc(-c3ccc4sc5ccccc5c4c3)cnc2c1.c1ccc2nc(-c3cccc4oc5ccccc5c34)cnc2c1.c1ccc2nc(-c3cccc4sc5ccccc5c34)cnc2c1. The number of aromatic nitrogens is 12. The average molecular weight is 1860 g/mol. The number of benzene rings is 18. The highest BCUT2D eigenvalue weighted by Crippen LogP contribution is 2.53. The highest BCUT2D eigenvalue weighted by Gasteiger charge is 2.38. The summed E-state index contributed by atoms with van der Waals surface area (Å²) in [5.74, 6) is 0. The lowest BCUT2D eigenvalue weighted by Gasteiger charge is -2.21. The van der Waals surface area contributed by atoms with Gasteiger partial charge in [0.25, 0.3) is 0 Å². The summed E-state index contributed by atoms with van der Waals surface area (Å²) >= 11 is 3.66. The van der Waals surface area contributed by atoms with Crippen LogP contribution < -0.4 is 0 Å². The smallest absolute Gasteiger partial charge is 0.136 e. The minimum absolute atomic E-state index is 0.00616. The summed E-state index contributed by atoms with van der Waals surface area (Å²) in [6.07, 6.45) is 11.2. The quantitative estimate of drug-likeness (QED) is 0.153. The van der Waals surface area contributed by atoms with E-state index in [9.17, 15) is 0 Å². The molecule has 0 amide bonds. The van der Waals surface area contributed by atoms with Gasteiger partial charge in [-0.3, -0.25) is 29.9 Å². The molecule has 18 aromatic carbocycles. The first kappa shape index (κ1) is 85.7. The van der Waals surface area contributed by atoms with Crippen LogP contribution in [0.25, 0.3) is 240 Å². The molecule has 30 rings (SSSR count). The Morgan fingerprint density at radius 2 is 0.507 bits per heavy atom. The molecular weight excluding hydrogens is 1780 g/mol. The van der Waals surface area contributed by atoms with Crippen molar-refractivity contribution in [2.45, 2.75) is 38.5 Å². The van der Waals surface area contributed by atoms with Gasteiger partial charge in [0.2, 0.25) is 0 Å².